The second-order valence-corrected chi connectivity index (χ2v) is 9.83. The van der Waals surface area contributed by atoms with Crippen LogP contribution in [0.5, 0.6) is 0 Å². The topological polar surface area (TPSA) is 75.9 Å². The zero-order chi connectivity index (χ0) is 21.1. The third-order valence-electron chi connectivity index (χ3n) is 5.88. The van der Waals surface area contributed by atoms with Crippen molar-refractivity contribution in [1.82, 2.24) is 19.6 Å². The minimum Gasteiger partial charge on any atom is -0.444 e. The summed E-state index contributed by atoms with van der Waals surface area (Å²) in [6.07, 6.45) is 1.69. The van der Waals surface area contributed by atoms with Crippen LogP contribution in [0.1, 0.15) is 46.1 Å². The molecule has 2 aromatic rings. The number of piperidine rings is 1. The monoisotopic (exact) mass is 398 g/mol. The van der Waals surface area contributed by atoms with Crippen LogP contribution >= 0.6 is 0 Å². The van der Waals surface area contributed by atoms with E-state index in [9.17, 15) is 9.59 Å². The number of carbonyl (C=O) groups is 2. The van der Waals surface area contributed by atoms with E-state index in [2.05, 4.69) is 5.32 Å². The molecule has 2 fully saturated rings. The molecule has 156 valence electrons. The molecule has 2 atom stereocenters. The van der Waals surface area contributed by atoms with Gasteiger partial charge < -0.3 is 19.4 Å². The smallest absolute Gasteiger partial charge is 0.410 e. The summed E-state index contributed by atoms with van der Waals surface area (Å²) < 4.78 is 7.48. The molecule has 3 heterocycles. The van der Waals surface area contributed by atoms with Gasteiger partial charge >= 0.3 is 6.09 Å². The fraction of sp³-hybridized carbons (Fsp3) is 0.591. The van der Waals surface area contributed by atoms with E-state index in [1.165, 1.54) is 0 Å². The average Bonchev–Trinajstić information content (AvgIpc) is 2.95. The van der Waals surface area contributed by atoms with Crippen LogP contribution in [0.15, 0.2) is 24.4 Å². The maximum Gasteiger partial charge on any atom is 0.410 e. The lowest BCUT2D eigenvalue weighted by atomic mass is 10.0. The number of likely N-dealkylation sites (tertiary alicyclic amines) is 1. The maximum atomic E-state index is 13.0. The van der Waals surface area contributed by atoms with Crippen LogP contribution in [0.4, 0.5) is 4.79 Å². The van der Waals surface area contributed by atoms with Crippen LogP contribution in [0.2, 0.25) is 0 Å². The third-order valence-corrected chi connectivity index (χ3v) is 5.88. The molecule has 0 spiro atoms. The summed E-state index contributed by atoms with van der Waals surface area (Å²) in [5.41, 5.74) is 0.882. The Morgan fingerprint density at radius 2 is 1.79 bits per heavy atom. The number of aromatic nitrogens is 2. The molecule has 7 nitrogen and oxygen atoms in total. The predicted molar refractivity (Wildman–Crippen MR) is 109 cm³/mol. The molecule has 7 heteroatoms. The van der Waals surface area contributed by atoms with Gasteiger partial charge in [0.15, 0.2) is 0 Å². The normalized spacial score (nSPS) is 23.8. The summed E-state index contributed by atoms with van der Waals surface area (Å²) in [5, 5.41) is 3.19. The summed E-state index contributed by atoms with van der Waals surface area (Å²) in [5.74, 6) is 1.26. The number of amides is 2. The highest BCUT2D eigenvalue weighted by molar-refractivity contribution is 5.84. The second kappa shape index (κ2) is 6.47. The molecule has 2 aromatic heterocycles. The van der Waals surface area contributed by atoms with Crippen LogP contribution in [-0.4, -0.2) is 45.0 Å². The summed E-state index contributed by atoms with van der Waals surface area (Å²) >= 11 is 0. The number of nitrogens with zero attached hydrogens (tertiary/aromatic N) is 3. The van der Waals surface area contributed by atoms with E-state index in [-0.39, 0.29) is 29.8 Å². The molecule has 4 rings (SSSR count). The van der Waals surface area contributed by atoms with E-state index in [0.29, 0.717) is 13.1 Å². The Morgan fingerprint density at radius 3 is 2.41 bits per heavy atom. The highest BCUT2D eigenvalue weighted by Gasteiger charge is 2.61. The Hall–Kier alpha value is -2.57. The van der Waals surface area contributed by atoms with Gasteiger partial charge in [0, 0.05) is 25.2 Å². The van der Waals surface area contributed by atoms with Crippen molar-refractivity contribution in [2.45, 2.75) is 52.7 Å². The minimum absolute atomic E-state index is 0.0409. The largest absolute Gasteiger partial charge is 0.444 e. The van der Waals surface area contributed by atoms with Gasteiger partial charge in [0.05, 0.1) is 16.7 Å². The predicted octanol–water partition coefficient (Wildman–Crippen LogP) is 3.11. The van der Waals surface area contributed by atoms with Crippen molar-refractivity contribution in [2.75, 3.05) is 13.1 Å². The van der Waals surface area contributed by atoms with Crippen LogP contribution in [-0.2, 0) is 15.1 Å². The summed E-state index contributed by atoms with van der Waals surface area (Å²) in [7, 11) is 0. The number of aryl methyl sites for hydroxylation is 1. The van der Waals surface area contributed by atoms with E-state index in [1.54, 1.807) is 4.90 Å². The number of nitrogens with one attached hydrogen (secondary N) is 1. The van der Waals surface area contributed by atoms with Gasteiger partial charge in [-0.3, -0.25) is 4.79 Å². The molecule has 29 heavy (non-hydrogen) atoms. The first-order chi connectivity index (χ1) is 13.5. The first-order valence-electron chi connectivity index (χ1n) is 10.2. The number of hydrogen-bond acceptors (Lipinski definition) is 4. The summed E-state index contributed by atoms with van der Waals surface area (Å²) in [4.78, 5) is 31.6. The zero-order valence-electron chi connectivity index (χ0n) is 18.0. The van der Waals surface area contributed by atoms with Gasteiger partial charge in [-0.1, -0.05) is 6.07 Å². The number of carbonyl (C=O) groups excluding carboxylic acids is 2. The Morgan fingerprint density at radius 1 is 1.14 bits per heavy atom. The fourth-order valence-corrected chi connectivity index (χ4v) is 4.47. The van der Waals surface area contributed by atoms with E-state index in [1.807, 2.05) is 70.3 Å². The van der Waals surface area contributed by atoms with Gasteiger partial charge in [0.25, 0.3) is 0 Å². The number of pyridine rings is 1. The minimum atomic E-state index is -0.600. The average molecular weight is 399 g/mol. The third kappa shape index (κ3) is 3.58. The summed E-state index contributed by atoms with van der Waals surface area (Å²) in [6, 6.07) is 5.98. The first kappa shape index (κ1) is 19.7. The SMILES string of the molecule is Cc1nc(C(C)(C)NC(=O)C2C3CN(C(=O)OC(C)(C)C)CC32)n2ccccc12. The van der Waals surface area contributed by atoms with Crippen molar-refractivity contribution in [3.05, 3.63) is 35.9 Å². The van der Waals surface area contributed by atoms with Crippen LogP contribution in [0, 0.1) is 24.7 Å². The zero-order valence-corrected chi connectivity index (χ0v) is 18.0. The quantitative estimate of drug-likeness (QED) is 0.862. The molecule has 1 aliphatic heterocycles. The summed E-state index contributed by atoms with van der Waals surface area (Å²) in [6.45, 7) is 12.7. The lowest BCUT2D eigenvalue weighted by molar-refractivity contribution is -0.125. The molecular formula is C22H30N4O3. The second-order valence-electron chi connectivity index (χ2n) is 9.83. The van der Waals surface area contributed by atoms with Crippen molar-refractivity contribution in [1.29, 1.82) is 0 Å². The Bertz CT molecular complexity index is 960. The van der Waals surface area contributed by atoms with Gasteiger partial charge in [-0.2, -0.15) is 0 Å². The van der Waals surface area contributed by atoms with E-state index >= 15 is 0 Å². The van der Waals surface area contributed by atoms with E-state index in [0.717, 1.165) is 17.0 Å². The maximum absolute atomic E-state index is 13.0. The first-order valence-corrected chi connectivity index (χ1v) is 10.2. The van der Waals surface area contributed by atoms with Crippen molar-refractivity contribution in [3.63, 3.8) is 0 Å². The number of ether oxygens (including phenoxy) is 1. The Balaban J connectivity index is 1.41. The highest BCUT2D eigenvalue weighted by Crippen LogP contribution is 2.52. The van der Waals surface area contributed by atoms with Gasteiger partial charge in [-0.25, -0.2) is 9.78 Å². The number of fused-ring (bicyclic) bond motifs is 2. The van der Waals surface area contributed by atoms with Gasteiger partial charge in [0.1, 0.15) is 11.4 Å². The van der Waals surface area contributed by atoms with Crippen LogP contribution < -0.4 is 5.32 Å². The van der Waals surface area contributed by atoms with Gasteiger partial charge in [-0.05, 0) is 65.5 Å². The van der Waals surface area contributed by atoms with Gasteiger partial charge in [0.2, 0.25) is 5.91 Å². The number of rotatable bonds is 3. The Kier molecular flexibility index (Phi) is 4.40. The molecule has 0 aromatic carbocycles. The molecule has 2 amide bonds. The van der Waals surface area contributed by atoms with Crippen LogP contribution in [0.3, 0.4) is 0 Å². The van der Waals surface area contributed by atoms with Crippen molar-refractivity contribution < 1.29 is 14.3 Å². The Labute approximate surface area is 171 Å². The highest BCUT2D eigenvalue weighted by atomic mass is 16.6. The number of hydrogen-bond donors (Lipinski definition) is 1. The van der Waals surface area contributed by atoms with Crippen molar-refractivity contribution in [2.24, 2.45) is 17.8 Å². The van der Waals surface area contributed by atoms with Crippen molar-refractivity contribution >= 4 is 17.5 Å². The molecule has 2 aliphatic rings. The van der Waals surface area contributed by atoms with Gasteiger partial charge in [-0.15, -0.1) is 0 Å². The lowest BCUT2D eigenvalue weighted by Gasteiger charge is -2.27. The molecular weight excluding hydrogens is 368 g/mol. The van der Waals surface area contributed by atoms with E-state index < -0.39 is 11.1 Å². The van der Waals surface area contributed by atoms with Crippen molar-refractivity contribution in [3.8, 4) is 0 Å². The van der Waals surface area contributed by atoms with Crippen LogP contribution in [0.25, 0.3) is 5.52 Å². The number of imidazole rings is 1. The molecule has 0 bridgehead atoms. The molecule has 1 saturated carbocycles. The standard InChI is InChI=1S/C22H30N4O3/c1-13-16-9-7-8-10-26(16)19(23-13)22(5,6)24-18(27)17-14-11-25(12-15(14)17)20(28)29-21(2,3)4/h7-10,14-15,17H,11-12H2,1-6H3,(H,24,27). The molecule has 1 N–H and O–H groups in total. The molecule has 2 unspecified atom stereocenters. The fourth-order valence-electron chi connectivity index (χ4n) is 4.47. The molecule has 1 saturated heterocycles. The van der Waals surface area contributed by atoms with E-state index in [4.69, 9.17) is 9.72 Å². The molecule has 1 aliphatic carbocycles. The molecule has 0 radical (unpaired) electrons. The lowest BCUT2D eigenvalue weighted by Crippen LogP contribution is -2.45.